The molecule has 0 bridgehead atoms. The highest BCUT2D eigenvalue weighted by atomic mass is 19.1. The van der Waals surface area contributed by atoms with Crippen LogP contribution in [0.25, 0.3) is 0 Å². The van der Waals surface area contributed by atoms with Gasteiger partial charge in [0.15, 0.2) is 5.96 Å². The van der Waals surface area contributed by atoms with Crippen LogP contribution in [0.4, 0.5) is 10.1 Å². The van der Waals surface area contributed by atoms with Crippen molar-refractivity contribution in [2.75, 3.05) is 19.0 Å². The lowest BCUT2D eigenvalue weighted by atomic mass is 10.1. The largest absolute Gasteiger partial charge is 0.375 e. The Hall–Kier alpha value is -2.40. The number of hydrogen-bond donors (Lipinski definition) is 2. The topological polar surface area (TPSA) is 59.6 Å². The van der Waals surface area contributed by atoms with Crippen LogP contribution in [0, 0.1) is 5.82 Å². The van der Waals surface area contributed by atoms with Crippen molar-refractivity contribution < 1.29 is 9.13 Å². The number of aliphatic imine (C=N–C) groups is 1. The van der Waals surface area contributed by atoms with Crippen molar-refractivity contribution in [3.05, 3.63) is 65.0 Å². The fourth-order valence-electron chi connectivity index (χ4n) is 3.01. The smallest absolute Gasteiger partial charge is 0.193 e. The molecule has 24 heavy (non-hydrogen) atoms. The van der Waals surface area contributed by atoms with E-state index in [1.807, 2.05) is 6.07 Å². The zero-order valence-corrected chi connectivity index (χ0v) is 13.8. The number of anilines is 1. The Labute approximate surface area is 141 Å². The third-order valence-electron chi connectivity index (χ3n) is 4.32. The van der Waals surface area contributed by atoms with Crippen molar-refractivity contribution in [2.24, 2.45) is 10.7 Å². The second-order valence-corrected chi connectivity index (χ2v) is 5.96. The molecule has 3 N–H and O–H groups in total. The lowest BCUT2D eigenvalue weighted by Gasteiger charge is -2.14. The first-order chi connectivity index (χ1) is 11.7. The molecule has 0 saturated heterocycles. The van der Waals surface area contributed by atoms with Crippen molar-refractivity contribution >= 4 is 11.6 Å². The molecule has 2 aromatic carbocycles. The molecular formula is C19H22FN3O. The Morgan fingerprint density at radius 1 is 1.21 bits per heavy atom. The molecule has 1 aliphatic carbocycles. The molecule has 0 radical (unpaired) electrons. The van der Waals surface area contributed by atoms with Gasteiger partial charge in [-0.3, -0.25) is 4.99 Å². The Morgan fingerprint density at radius 3 is 2.71 bits per heavy atom. The van der Waals surface area contributed by atoms with E-state index in [-0.39, 0.29) is 11.9 Å². The number of methoxy groups -OCH3 is 1. The molecular weight excluding hydrogens is 305 g/mol. The number of benzene rings is 2. The SMILES string of the molecule is COC(CN=C(N)Nc1ccc2c(c1)CCC2)c1ccc(F)cc1. The molecule has 0 aromatic heterocycles. The van der Waals surface area contributed by atoms with Crippen molar-refractivity contribution in [3.8, 4) is 0 Å². The molecule has 0 saturated carbocycles. The summed E-state index contributed by atoms with van der Waals surface area (Å²) in [6, 6.07) is 12.5. The van der Waals surface area contributed by atoms with Crippen molar-refractivity contribution in [3.63, 3.8) is 0 Å². The predicted molar refractivity (Wildman–Crippen MR) is 94.7 cm³/mol. The van der Waals surface area contributed by atoms with E-state index in [1.54, 1.807) is 19.2 Å². The average Bonchev–Trinajstić information content (AvgIpc) is 3.04. The molecule has 4 nitrogen and oxygen atoms in total. The van der Waals surface area contributed by atoms with Crippen LogP contribution in [-0.4, -0.2) is 19.6 Å². The molecule has 2 aromatic rings. The van der Waals surface area contributed by atoms with Gasteiger partial charge in [0.2, 0.25) is 0 Å². The molecule has 3 rings (SSSR count). The molecule has 5 heteroatoms. The zero-order valence-electron chi connectivity index (χ0n) is 13.8. The summed E-state index contributed by atoms with van der Waals surface area (Å²) in [6.07, 6.45) is 3.24. The number of aryl methyl sites for hydroxylation is 2. The summed E-state index contributed by atoms with van der Waals surface area (Å²) in [7, 11) is 1.60. The fourth-order valence-corrected chi connectivity index (χ4v) is 3.01. The summed E-state index contributed by atoms with van der Waals surface area (Å²) in [5.74, 6) is 0.0759. The maximum absolute atomic E-state index is 13.0. The first kappa shape index (κ1) is 16.5. The van der Waals surface area contributed by atoms with Gasteiger partial charge in [0.1, 0.15) is 11.9 Å². The number of nitrogens with one attached hydrogen (secondary N) is 1. The molecule has 0 aliphatic heterocycles. The van der Waals surface area contributed by atoms with Crippen LogP contribution in [0.5, 0.6) is 0 Å². The van der Waals surface area contributed by atoms with Crippen LogP contribution in [0.2, 0.25) is 0 Å². The normalized spacial score (nSPS) is 15.2. The van der Waals surface area contributed by atoms with E-state index >= 15 is 0 Å². The first-order valence-electron chi connectivity index (χ1n) is 8.12. The Morgan fingerprint density at radius 2 is 1.96 bits per heavy atom. The fraction of sp³-hybridized carbons (Fsp3) is 0.316. The Kier molecular flexibility index (Phi) is 5.11. The molecule has 0 fully saturated rings. The molecule has 1 aliphatic rings. The van der Waals surface area contributed by atoms with Crippen LogP contribution in [0.15, 0.2) is 47.5 Å². The lowest BCUT2D eigenvalue weighted by molar-refractivity contribution is 0.111. The molecule has 0 amide bonds. The highest BCUT2D eigenvalue weighted by Gasteiger charge is 2.12. The van der Waals surface area contributed by atoms with Gasteiger partial charge >= 0.3 is 0 Å². The molecule has 126 valence electrons. The van der Waals surface area contributed by atoms with E-state index < -0.39 is 0 Å². The van der Waals surface area contributed by atoms with Gasteiger partial charge < -0.3 is 15.8 Å². The Bertz CT molecular complexity index is 728. The number of halogens is 1. The summed E-state index contributed by atoms with van der Waals surface area (Å²) in [5.41, 5.74) is 10.6. The first-order valence-corrected chi connectivity index (χ1v) is 8.12. The maximum atomic E-state index is 13.0. The van der Waals surface area contributed by atoms with E-state index in [2.05, 4.69) is 22.4 Å². The van der Waals surface area contributed by atoms with Gasteiger partial charge in [-0.25, -0.2) is 4.39 Å². The van der Waals surface area contributed by atoms with E-state index in [0.717, 1.165) is 24.1 Å². The van der Waals surface area contributed by atoms with Gasteiger partial charge in [-0.1, -0.05) is 18.2 Å². The van der Waals surface area contributed by atoms with E-state index in [0.29, 0.717) is 12.5 Å². The van der Waals surface area contributed by atoms with Crippen LogP contribution in [-0.2, 0) is 17.6 Å². The van der Waals surface area contributed by atoms with E-state index in [9.17, 15) is 4.39 Å². The quantitative estimate of drug-likeness (QED) is 0.653. The van der Waals surface area contributed by atoms with Gasteiger partial charge in [0, 0.05) is 12.8 Å². The zero-order chi connectivity index (χ0) is 16.9. The average molecular weight is 327 g/mol. The van der Waals surface area contributed by atoms with Crippen molar-refractivity contribution in [1.29, 1.82) is 0 Å². The van der Waals surface area contributed by atoms with Gasteiger partial charge in [0.25, 0.3) is 0 Å². The number of nitrogens with zero attached hydrogens (tertiary/aromatic N) is 1. The highest BCUT2D eigenvalue weighted by molar-refractivity contribution is 5.92. The minimum atomic E-state index is -0.269. The molecule has 1 unspecified atom stereocenters. The number of hydrogen-bond acceptors (Lipinski definition) is 2. The standard InChI is InChI=1S/C19H22FN3O/c1-24-18(14-5-8-16(20)9-6-14)12-22-19(21)23-17-10-7-13-3-2-4-15(13)11-17/h5-11,18H,2-4,12H2,1H3,(H3,21,22,23). The molecule has 1 atom stereocenters. The monoisotopic (exact) mass is 327 g/mol. The third-order valence-corrected chi connectivity index (χ3v) is 4.32. The molecule has 0 spiro atoms. The maximum Gasteiger partial charge on any atom is 0.193 e. The van der Waals surface area contributed by atoms with Crippen LogP contribution in [0.3, 0.4) is 0 Å². The number of ether oxygens (including phenoxy) is 1. The number of nitrogens with two attached hydrogens (primary N) is 1. The summed E-state index contributed by atoms with van der Waals surface area (Å²) >= 11 is 0. The highest BCUT2D eigenvalue weighted by Crippen LogP contribution is 2.24. The summed E-state index contributed by atoms with van der Waals surface area (Å²) in [6.45, 7) is 0.367. The Balaban J connectivity index is 1.63. The van der Waals surface area contributed by atoms with Gasteiger partial charge in [-0.05, 0) is 60.2 Å². The van der Waals surface area contributed by atoms with Crippen molar-refractivity contribution in [2.45, 2.75) is 25.4 Å². The number of rotatable bonds is 5. The third kappa shape index (κ3) is 3.92. The summed E-state index contributed by atoms with van der Waals surface area (Å²) < 4.78 is 18.4. The second-order valence-electron chi connectivity index (χ2n) is 5.96. The number of guanidine groups is 1. The second kappa shape index (κ2) is 7.45. The van der Waals surface area contributed by atoms with Crippen LogP contribution in [0.1, 0.15) is 29.2 Å². The van der Waals surface area contributed by atoms with Gasteiger partial charge in [-0.15, -0.1) is 0 Å². The van der Waals surface area contributed by atoms with E-state index in [4.69, 9.17) is 10.5 Å². The number of fused-ring (bicyclic) bond motifs is 1. The lowest BCUT2D eigenvalue weighted by Crippen LogP contribution is -2.24. The molecule has 0 heterocycles. The predicted octanol–water partition coefficient (Wildman–Crippen LogP) is 3.43. The van der Waals surface area contributed by atoms with Crippen LogP contribution < -0.4 is 11.1 Å². The van der Waals surface area contributed by atoms with Crippen molar-refractivity contribution in [1.82, 2.24) is 0 Å². The van der Waals surface area contributed by atoms with E-state index in [1.165, 1.54) is 29.7 Å². The van der Waals surface area contributed by atoms with Gasteiger partial charge in [0.05, 0.1) is 6.54 Å². The minimum absolute atomic E-state index is 0.258. The summed E-state index contributed by atoms with van der Waals surface area (Å²) in [4.78, 5) is 4.35. The van der Waals surface area contributed by atoms with Gasteiger partial charge in [-0.2, -0.15) is 0 Å². The minimum Gasteiger partial charge on any atom is -0.375 e. The van der Waals surface area contributed by atoms with Crippen LogP contribution >= 0.6 is 0 Å². The summed E-state index contributed by atoms with van der Waals surface area (Å²) in [5, 5.41) is 3.12.